The van der Waals surface area contributed by atoms with Gasteiger partial charge in [-0.15, -0.1) is 6.58 Å². The third-order valence-electron chi connectivity index (χ3n) is 3.74. The minimum Gasteiger partial charge on any atom is -0.322 e. The van der Waals surface area contributed by atoms with Gasteiger partial charge in [-0.3, -0.25) is 9.36 Å². The Morgan fingerprint density at radius 3 is 2.52 bits per heavy atom. The number of hydrogen-bond acceptors (Lipinski definition) is 3. The predicted octanol–water partition coefficient (Wildman–Crippen LogP) is 2.12. The lowest BCUT2D eigenvalue weighted by molar-refractivity contribution is 0.609. The zero-order valence-electron chi connectivity index (χ0n) is 13.1. The first-order valence-corrected chi connectivity index (χ1v) is 7.45. The van der Waals surface area contributed by atoms with Gasteiger partial charge in [0.2, 0.25) is 0 Å². The van der Waals surface area contributed by atoms with Crippen molar-refractivity contribution in [3.05, 3.63) is 70.2 Å². The zero-order chi connectivity index (χ0) is 16.6. The summed E-state index contributed by atoms with van der Waals surface area (Å²) in [5.41, 5.74) is 0.714. The summed E-state index contributed by atoms with van der Waals surface area (Å²) in [6, 6.07) is 9.26. The van der Waals surface area contributed by atoms with Crippen molar-refractivity contribution in [2.75, 3.05) is 0 Å². The highest BCUT2D eigenvalue weighted by Gasteiger charge is 2.19. The minimum atomic E-state index is -0.414. The molecule has 0 aliphatic heterocycles. The van der Waals surface area contributed by atoms with E-state index in [-0.39, 0.29) is 18.1 Å². The van der Waals surface area contributed by atoms with Crippen molar-refractivity contribution in [3.63, 3.8) is 0 Å². The second-order valence-electron chi connectivity index (χ2n) is 5.58. The molecule has 23 heavy (non-hydrogen) atoms. The van der Waals surface area contributed by atoms with E-state index in [1.807, 2.05) is 44.2 Å². The smallest absolute Gasteiger partial charge is 0.322 e. The van der Waals surface area contributed by atoms with E-state index in [1.54, 1.807) is 17.0 Å². The normalized spacial score (nSPS) is 11.3. The number of fused-ring (bicyclic) bond motifs is 1. The van der Waals surface area contributed by atoms with E-state index < -0.39 is 5.69 Å². The lowest BCUT2D eigenvalue weighted by Gasteiger charge is -2.12. The molecular formula is C17H18N4O2. The molecule has 2 aromatic heterocycles. The fourth-order valence-electron chi connectivity index (χ4n) is 2.64. The Morgan fingerprint density at radius 2 is 1.91 bits per heavy atom. The molecule has 0 atom stereocenters. The molecule has 118 valence electrons. The Balaban J connectivity index is 2.51. The van der Waals surface area contributed by atoms with E-state index in [0.29, 0.717) is 16.9 Å². The summed E-state index contributed by atoms with van der Waals surface area (Å²) in [6.45, 7) is 7.73. The lowest BCUT2D eigenvalue weighted by atomic mass is 10.3. The Hall–Kier alpha value is -2.89. The number of imidazole rings is 1. The van der Waals surface area contributed by atoms with Gasteiger partial charge in [0.1, 0.15) is 0 Å². The fourth-order valence-corrected chi connectivity index (χ4v) is 2.64. The molecule has 0 saturated carbocycles. The highest BCUT2D eigenvalue weighted by Crippen LogP contribution is 2.16. The second-order valence-corrected chi connectivity index (χ2v) is 5.58. The average Bonchev–Trinajstić information content (AvgIpc) is 2.97. The molecule has 0 aliphatic rings. The Kier molecular flexibility index (Phi) is 3.73. The molecule has 0 N–H and O–H groups in total. The number of rotatable bonds is 4. The molecule has 1 aromatic carbocycles. The zero-order valence-corrected chi connectivity index (χ0v) is 13.1. The van der Waals surface area contributed by atoms with Gasteiger partial charge in [0.15, 0.2) is 11.2 Å². The molecule has 6 heteroatoms. The standard InChI is InChI=1S/C17H18N4O2/c1-4-10-19-16(22)14-15(18-11-20(14)12(2)3)21(17(19)23)13-8-6-5-7-9-13/h4-9,11-12H,1,10H2,2-3H3. The van der Waals surface area contributed by atoms with E-state index in [2.05, 4.69) is 11.6 Å². The summed E-state index contributed by atoms with van der Waals surface area (Å²) < 4.78 is 4.44. The molecular weight excluding hydrogens is 292 g/mol. The van der Waals surface area contributed by atoms with Crippen molar-refractivity contribution in [1.29, 1.82) is 0 Å². The molecule has 0 fully saturated rings. The molecule has 0 aliphatic carbocycles. The predicted molar refractivity (Wildman–Crippen MR) is 90.2 cm³/mol. The van der Waals surface area contributed by atoms with Gasteiger partial charge in [0, 0.05) is 12.6 Å². The van der Waals surface area contributed by atoms with Gasteiger partial charge in [0.25, 0.3) is 5.56 Å². The number of hydrogen-bond donors (Lipinski definition) is 0. The van der Waals surface area contributed by atoms with Gasteiger partial charge in [-0.2, -0.15) is 0 Å². The monoisotopic (exact) mass is 310 g/mol. The maximum absolute atomic E-state index is 12.8. The van der Waals surface area contributed by atoms with Gasteiger partial charge in [-0.1, -0.05) is 24.3 Å². The molecule has 6 nitrogen and oxygen atoms in total. The molecule has 3 aromatic rings. The average molecular weight is 310 g/mol. The fraction of sp³-hybridized carbons (Fsp3) is 0.235. The molecule has 3 rings (SSSR count). The van der Waals surface area contributed by atoms with Crippen molar-refractivity contribution in [2.24, 2.45) is 0 Å². The third-order valence-corrected chi connectivity index (χ3v) is 3.74. The summed E-state index contributed by atoms with van der Waals surface area (Å²) in [5, 5.41) is 0. The van der Waals surface area contributed by atoms with Crippen LogP contribution in [-0.4, -0.2) is 18.7 Å². The van der Waals surface area contributed by atoms with Gasteiger partial charge in [-0.25, -0.2) is 14.3 Å². The summed E-state index contributed by atoms with van der Waals surface area (Å²) in [6.07, 6.45) is 3.15. The number of allylic oxidation sites excluding steroid dienone is 1. The molecule has 0 spiro atoms. The maximum atomic E-state index is 12.8. The van der Waals surface area contributed by atoms with Crippen LogP contribution >= 0.6 is 0 Å². The summed E-state index contributed by atoms with van der Waals surface area (Å²) in [4.78, 5) is 29.9. The van der Waals surface area contributed by atoms with Gasteiger partial charge in [0.05, 0.1) is 12.0 Å². The van der Waals surface area contributed by atoms with Crippen molar-refractivity contribution in [2.45, 2.75) is 26.4 Å². The van der Waals surface area contributed by atoms with Crippen molar-refractivity contribution in [1.82, 2.24) is 18.7 Å². The molecule has 0 radical (unpaired) electrons. The van der Waals surface area contributed by atoms with Crippen LogP contribution in [0.25, 0.3) is 16.9 Å². The quantitative estimate of drug-likeness (QED) is 0.693. The van der Waals surface area contributed by atoms with Crippen LogP contribution in [-0.2, 0) is 6.54 Å². The largest absolute Gasteiger partial charge is 0.337 e. The molecule has 0 saturated heterocycles. The van der Waals surface area contributed by atoms with Crippen LogP contribution in [0.5, 0.6) is 0 Å². The van der Waals surface area contributed by atoms with E-state index in [9.17, 15) is 9.59 Å². The van der Waals surface area contributed by atoms with Crippen molar-refractivity contribution >= 4 is 11.2 Å². The van der Waals surface area contributed by atoms with E-state index in [4.69, 9.17) is 0 Å². The summed E-state index contributed by atoms with van der Waals surface area (Å²) >= 11 is 0. The first kappa shape index (κ1) is 15.0. The summed E-state index contributed by atoms with van der Waals surface area (Å²) in [7, 11) is 0. The van der Waals surface area contributed by atoms with Crippen molar-refractivity contribution < 1.29 is 0 Å². The minimum absolute atomic E-state index is 0.0617. The van der Waals surface area contributed by atoms with Crippen LogP contribution in [0.3, 0.4) is 0 Å². The van der Waals surface area contributed by atoms with Crippen LogP contribution in [0.15, 0.2) is 58.9 Å². The molecule has 0 bridgehead atoms. The highest BCUT2D eigenvalue weighted by atomic mass is 16.2. The molecule has 2 heterocycles. The SMILES string of the molecule is C=CCn1c(=O)c2c(ncn2C(C)C)n(-c2ccccc2)c1=O. The number of para-hydroxylation sites is 1. The van der Waals surface area contributed by atoms with Crippen LogP contribution in [0, 0.1) is 0 Å². The van der Waals surface area contributed by atoms with Crippen LogP contribution in [0.2, 0.25) is 0 Å². The Morgan fingerprint density at radius 1 is 1.22 bits per heavy atom. The maximum Gasteiger partial charge on any atom is 0.337 e. The topological polar surface area (TPSA) is 61.8 Å². The number of nitrogens with zero attached hydrogens (tertiary/aromatic N) is 4. The molecule has 0 amide bonds. The van der Waals surface area contributed by atoms with Gasteiger partial charge in [-0.05, 0) is 26.0 Å². The van der Waals surface area contributed by atoms with Crippen molar-refractivity contribution in [3.8, 4) is 5.69 Å². The highest BCUT2D eigenvalue weighted by molar-refractivity contribution is 5.72. The van der Waals surface area contributed by atoms with Crippen LogP contribution in [0.4, 0.5) is 0 Å². The second kappa shape index (κ2) is 5.72. The Bertz CT molecular complexity index is 977. The third kappa shape index (κ3) is 2.32. The van der Waals surface area contributed by atoms with Gasteiger partial charge >= 0.3 is 5.69 Å². The van der Waals surface area contributed by atoms with Gasteiger partial charge < -0.3 is 4.57 Å². The van der Waals surface area contributed by atoms with Crippen LogP contribution in [0.1, 0.15) is 19.9 Å². The van der Waals surface area contributed by atoms with E-state index in [1.165, 1.54) is 9.13 Å². The Labute approximate surface area is 132 Å². The van der Waals surface area contributed by atoms with Crippen LogP contribution < -0.4 is 11.2 Å². The molecule has 0 unspecified atom stereocenters. The lowest BCUT2D eigenvalue weighted by Crippen LogP contribution is -2.39. The number of benzene rings is 1. The first-order valence-electron chi connectivity index (χ1n) is 7.45. The first-order chi connectivity index (χ1) is 11.1. The van der Waals surface area contributed by atoms with E-state index >= 15 is 0 Å². The number of aromatic nitrogens is 4. The van der Waals surface area contributed by atoms with E-state index in [0.717, 1.165) is 0 Å². The summed E-state index contributed by atoms with van der Waals surface area (Å²) in [5.74, 6) is 0.